The molecule has 5 nitrogen and oxygen atoms in total. The second-order valence-corrected chi connectivity index (χ2v) is 7.20. The number of imidazole rings is 1. The minimum absolute atomic E-state index is 0.0531. The first-order chi connectivity index (χ1) is 13.7. The highest BCUT2D eigenvalue weighted by Crippen LogP contribution is 2.38. The van der Waals surface area contributed by atoms with E-state index < -0.39 is 23.6 Å². The maximum Gasteiger partial charge on any atom is 0.417 e. The Morgan fingerprint density at radius 3 is 2.66 bits per heavy atom. The van der Waals surface area contributed by atoms with Crippen LogP contribution in [0.3, 0.4) is 0 Å². The molecular formula is C18H9ClF4N4OS. The number of nitrogens with zero attached hydrogens (tertiary/aromatic N) is 2. The van der Waals surface area contributed by atoms with Gasteiger partial charge in [0.15, 0.2) is 5.13 Å². The van der Waals surface area contributed by atoms with Crippen molar-refractivity contribution in [1.82, 2.24) is 15.0 Å². The number of carbonyl (C=O) groups excluding carboxylic acids is 1. The van der Waals surface area contributed by atoms with Gasteiger partial charge in [-0.15, -0.1) is 11.3 Å². The number of para-hydroxylation sites is 1. The molecule has 0 unspecified atom stereocenters. The Hall–Kier alpha value is -2.98. The van der Waals surface area contributed by atoms with Crippen LogP contribution in [0.4, 0.5) is 22.7 Å². The molecule has 1 amide bonds. The van der Waals surface area contributed by atoms with E-state index in [9.17, 15) is 22.4 Å². The molecule has 0 saturated heterocycles. The number of carbonyl (C=O) groups is 1. The van der Waals surface area contributed by atoms with Gasteiger partial charge < -0.3 is 4.98 Å². The highest BCUT2D eigenvalue weighted by atomic mass is 35.5. The van der Waals surface area contributed by atoms with Crippen molar-refractivity contribution in [3.63, 3.8) is 0 Å². The average Bonchev–Trinajstić information content (AvgIpc) is 3.26. The molecule has 29 heavy (non-hydrogen) atoms. The molecule has 2 N–H and O–H groups in total. The number of amides is 1. The summed E-state index contributed by atoms with van der Waals surface area (Å²) in [6, 6.07) is 7.93. The van der Waals surface area contributed by atoms with Crippen LogP contribution in [-0.4, -0.2) is 20.9 Å². The van der Waals surface area contributed by atoms with Crippen molar-refractivity contribution in [2.45, 2.75) is 6.18 Å². The first kappa shape index (κ1) is 19.3. The monoisotopic (exact) mass is 440 g/mol. The van der Waals surface area contributed by atoms with Crippen molar-refractivity contribution in [2.75, 3.05) is 5.32 Å². The summed E-state index contributed by atoms with van der Waals surface area (Å²) in [5.41, 5.74) is -0.524. The van der Waals surface area contributed by atoms with Crippen molar-refractivity contribution in [3.8, 4) is 11.4 Å². The van der Waals surface area contributed by atoms with E-state index in [4.69, 9.17) is 11.6 Å². The van der Waals surface area contributed by atoms with Crippen molar-refractivity contribution < 1.29 is 22.4 Å². The Balaban J connectivity index is 1.79. The Kier molecular flexibility index (Phi) is 4.75. The molecule has 0 saturated carbocycles. The Labute approximate surface area is 169 Å². The largest absolute Gasteiger partial charge is 0.417 e. The van der Waals surface area contributed by atoms with Gasteiger partial charge in [-0.2, -0.15) is 22.5 Å². The second-order valence-electron chi connectivity index (χ2n) is 5.90. The van der Waals surface area contributed by atoms with E-state index in [-0.39, 0.29) is 32.6 Å². The van der Waals surface area contributed by atoms with Crippen LogP contribution < -0.4 is 5.32 Å². The van der Waals surface area contributed by atoms with E-state index in [1.165, 1.54) is 18.2 Å². The van der Waals surface area contributed by atoms with Crippen LogP contribution in [0, 0.1) is 5.95 Å². The highest BCUT2D eigenvalue weighted by molar-refractivity contribution is 7.13. The minimum atomic E-state index is -4.64. The summed E-state index contributed by atoms with van der Waals surface area (Å²) in [6.45, 7) is 0. The maximum atomic E-state index is 13.4. The number of halogens is 5. The molecule has 0 aliphatic rings. The van der Waals surface area contributed by atoms with Crippen LogP contribution in [0.1, 0.15) is 15.9 Å². The summed E-state index contributed by atoms with van der Waals surface area (Å²) in [7, 11) is 0. The zero-order valence-corrected chi connectivity index (χ0v) is 15.7. The summed E-state index contributed by atoms with van der Waals surface area (Å²) in [5.74, 6) is -1.41. The number of benzene rings is 2. The van der Waals surface area contributed by atoms with E-state index >= 15 is 0 Å². The molecule has 0 aliphatic carbocycles. The lowest BCUT2D eigenvalue weighted by Crippen LogP contribution is -2.12. The topological polar surface area (TPSA) is 70.7 Å². The number of alkyl halides is 3. The molecule has 2 aromatic heterocycles. The SMILES string of the molecule is O=C(Nc1nc(F)cs1)c1cccc2[nH]c(-c3ccc(Cl)cc3C(F)(F)F)nc12. The van der Waals surface area contributed by atoms with Crippen molar-refractivity contribution in [1.29, 1.82) is 0 Å². The molecule has 0 aliphatic heterocycles. The second kappa shape index (κ2) is 7.12. The molecule has 2 aromatic carbocycles. The lowest BCUT2D eigenvalue weighted by Gasteiger charge is -2.11. The molecule has 0 atom stereocenters. The zero-order valence-electron chi connectivity index (χ0n) is 14.1. The molecule has 0 spiro atoms. The van der Waals surface area contributed by atoms with Gasteiger partial charge in [0, 0.05) is 16.0 Å². The Morgan fingerprint density at radius 1 is 1.17 bits per heavy atom. The first-order valence-corrected chi connectivity index (χ1v) is 9.26. The number of rotatable bonds is 3. The number of nitrogens with one attached hydrogen (secondary N) is 2. The van der Waals surface area contributed by atoms with Crippen LogP contribution >= 0.6 is 22.9 Å². The highest BCUT2D eigenvalue weighted by Gasteiger charge is 2.34. The number of aromatic amines is 1. The van der Waals surface area contributed by atoms with E-state index in [1.54, 1.807) is 12.1 Å². The quantitative estimate of drug-likeness (QED) is 0.398. The van der Waals surface area contributed by atoms with Crippen molar-refractivity contribution in [3.05, 3.63) is 63.9 Å². The number of hydrogen-bond acceptors (Lipinski definition) is 4. The van der Waals surface area contributed by atoms with Crippen molar-refractivity contribution >= 4 is 45.0 Å². The fourth-order valence-electron chi connectivity index (χ4n) is 2.78. The minimum Gasteiger partial charge on any atom is -0.338 e. The van der Waals surface area contributed by atoms with Gasteiger partial charge in [0.1, 0.15) is 11.3 Å². The van der Waals surface area contributed by atoms with E-state index in [0.717, 1.165) is 22.8 Å². The van der Waals surface area contributed by atoms with Gasteiger partial charge in [-0.1, -0.05) is 17.7 Å². The maximum absolute atomic E-state index is 13.4. The third-order valence-electron chi connectivity index (χ3n) is 4.00. The lowest BCUT2D eigenvalue weighted by molar-refractivity contribution is -0.137. The third kappa shape index (κ3) is 3.81. The molecule has 0 fully saturated rings. The summed E-state index contributed by atoms with van der Waals surface area (Å²) in [4.78, 5) is 23.0. The van der Waals surface area contributed by atoms with Gasteiger partial charge in [0.2, 0.25) is 5.95 Å². The van der Waals surface area contributed by atoms with Crippen LogP contribution in [0.2, 0.25) is 5.02 Å². The number of aromatic nitrogens is 3. The van der Waals surface area contributed by atoms with Crippen LogP contribution in [0.25, 0.3) is 22.4 Å². The smallest absolute Gasteiger partial charge is 0.338 e. The van der Waals surface area contributed by atoms with Gasteiger partial charge in [-0.05, 0) is 30.3 Å². The van der Waals surface area contributed by atoms with Crippen LogP contribution in [0.5, 0.6) is 0 Å². The standard InChI is InChI=1S/C18H9ClF4N4OS/c19-8-4-5-9(11(6-8)18(21,22)23)15-24-12-3-1-2-10(14(12)26-15)16(28)27-17-25-13(20)7-29-17/h1-7H,(H,24,26)(H,25,27,28). The van der Waals surface area contributed by atoms with Crippen LogP contribution in [-0.2, 0) is 6.18 Å². The van der Waals surface area contributed by atoms with E-state index in [0.29, 0.717) is 5.52 Å². The number of hydrogen-bond donors (Lipinski definition) is 2. The number of fused-ring (bicyclic) bond motifs is 1. The first-order valence-electron chi connectivity index (χ1n) is 8.00. The lowest BCUT2D eigenvalue weighted by atomic mass is 10.1. The summed E-state index contributed by atoms with van der Waals surface area (Å²) in [5, 5.41) is 3.56. The summed E-state index contributed by atoms with van der Waals surface area (Å²) < 4.78 is 53.3. The van der Waals surface area contributed by atoms with Gasteiger partial charge in [0.25, 0.3) is 5.91 Å². The third-order valence-corrected chi connectivity index (χ3v) is 4.96. The molecule has 4 rings (SSSR count). The predicted molar refractivity (Wildman–Crippen MR) is 102 cm³/mol. The summed E-state index contributed by atoms with van der Waals surface area (Å²) >= 11 is 6.62. The molecule has 4 aromatic rings. The Bertz CT molecular complexity index is 1230. The molecule has 2 heterocycles. The van der Waals surface area contributed by atoms with E-state index in [2.05, 4.69) is 20.3 Å². The number of thiazole rings is 1. The van der Waals surface area contributed by atoms with Crippen LogP contribution in [0.15, 0.2) is 41.8 Å². The Morgan fingerprint density at radius 2 is 1.97 bits per heavy atom. The molecule has 148 valence electrons. The normalized spacial score (nSPS) is 11.8. The number of anilines is 1. The molecule has 0 radical (unpaired) electrons. The molecule has 0 bridgehead atoms. The van der Waals surface area contributed by atoms with Gasteiger partial charge in [-0.25, -0.2) is 4.98 Å². The molecule has 11 heteroatoms. The fourth-order valence-corrected chi connectivity index (χ4v) is 3.50. The van der Waals surface area contributed by atoms with Crippen molar-refractivity contribution in [2.24, 2.45) is 0 Å². The van der Waals surface area contributed by atoms with Gasteiger partial charge in [0.05, 0.1) is 16.6 Å². The summed E-state index contributed by atoms with van der Waals surface area (Å²) in [6.07, 6.45) is -4.64. The molecular weight excluding hydrogens is 432 g/mol. The van der Waals surface area contributed by atoms with E-state index in [1.807, 2.05) is 0 Å². The average molecular weight is 441 g/mol. The fraction of sp³-hybridized carbons (Fsp3) is 0.0556. The zero-order chi connectivity index (χ0) is 20.8. The van der Waals surface area contributed by atoms with Gasteiger partial charge >= 0.3 is 6.18 Å². The predicted octanol–water partition coefficient (Wildman–Crippen LogP) is 5.75. The van der Waals surface area contributed by atoms with Gasteiger partial charge in [-0.3, -0.25) is 10.1 Å². The number of H-pyrrole nitrogens is 1.